The number of nitrogens with one attached hydrogen (secondary N) is 1. The molecule has 2 aromatic heterocycles. The molecule has 0 aliphatic carbocycles. The molecule has 0 radical (unpaired) electrons. The molecule has 1 N–H and O–H groups in total. The first-order valence-electron chi connectivity index (χ1n) is 8.14. The number of aromatic nitrogens is 1. The summed E-state index contributed by atoms with van der Waals surface area (Å²) in [7, 11) is 0. The van der Waals surface area contributed by atoms with Crippen LogP contribution in [0.5, 0.6) is 0 Å². The average molecular weight is 332 g/mol. The van der Waals surface area contributed by atoms with Crippen LogP contribution in [0, 0.1) is 27.7 Å². The summed E-state index contributed by atoms with van der Waals surface area (Å²) in [5.41, 5.74) is 4.17. The Kier molecular flexibility index (Phi) is 4.60. The van der Waals surface area contributed by atoms with E-state index in [0.717, 1.165) is 47.0 Å². The Bertz CT molecular complexity index is 704. The van der Waals surface area contributed by atoms with E-state index in [0.29, 0.717) is 6.54 Å². The molecule has 3 heterocycles. The molecule has 1 amide bonds. The summed E-state index contributed by atoms with van der Waals surface area (Å²) < 4.78 is 7.77. The van der Waals surface area contributed by atoms with Gasteiger partial charge in [-0.25, -0.2) is 0 Å². The third kappa shape index (κ3) is 3.08. The van der Waals surface area contributed by atoms with Crippen LogP contribution in [-0.4, -0.2) is 29.7 Å². The van der Waals surface area contributed by atoms with Crippen molar-refractivity contribution in [2.45, 2.75) is 46.6 Å². The highest BCUT2D eigenvalue weighted by atomic mass is 32.1. The van der Waals surface area contributed by atoms with Gasteiger partial charge in [0.25, 0.3) is 5.91 Å². The van der Waals surface area contributed by atoms with Crippen molar-refractivity contribution in [3.8, 4) is 5.00 Å². The molecule has 0 saturated carbocycles. The minimum atomic E-state index is 0.00449. The summed E-state index contributed by atoms with van der Waals surface area (Å²) in [6.07, 6.45) is 2.28. The predicted octanol–water partition coefficient (Wildman–Crippen LogP) is 3.68. The number of rotatable bonds is 4. The molecule has 23 heavy (non-hydrogen) atoms. The molecule has 1 aliphatic rings. The van der Waals surface area contributed by atoms with Gasteiger partial charge in [0.15, 0.2) is 0 Å². The molecule has 0 bridgehead atoms. The number of nitrogens with zero attached hydrogens (tertiary/aromatic N) is 1. The Labute approximate surface area is 141 Å². The lowest BCUT2D eigenvalue weighted by Crippen LogP contribution is -2.32. The summed E-state index contributed by atoms with van der Waals surface area (Å²) >= 11 is 1.68. The first-order valence-corrected chi connectivity index (χ1v) is 8.95. The first-order chi connectivity index (χ1) is 11.0. The maximum atomic E-state index is 12.8. The molecular formula is C18H24N2O2S. The van der Waals surface area contributed by atoms with Crippen LogP contribution >= 0.6 is 11.3 Å². The zero-order valence-electron chi connectivity index (χ0n) is 14.2. The van der Waals surface area contributed by atoms with Crippen LogP contribution in [0.3, 0.4) is 0 Å². The lowest BCUT2D eigenvalue weighted by Gasteiger charge is -2.13. The number of aryl methyl sites for hydroxylation is 3. The fourth-order valence-electron chi connectivity index (χ4n) is 3.12. The molecular weight excluding hydrogens is 308 g/mol. The number of amides is 1. The van der Waals surface area contributed by atoms with E-state index in [-0.39, 0.29) is 12.0 Å². The molecule has 1 unspecified atom stereocenters. The van der Waals surface area contributed by atoms with E-state index in [9.17, 15) is 4.79 Å². The van der Waals surface area contributed by atoms with Crippen LogP contribution in [0.15, 0.2) is 12.1 Å². The van der Waals surface area contributed by atoms with Crippen LogP contribution in [0.2, 0.25) is 0 Å². The van der Waals surface area contributed by atoms with Gasteiger partial charge in [-0.3, -0.25) is 4.79 Å². The maximum Gasteiger partial charge on any atom is 0.254 e. The number of hydrogen-bond acceptors (Lipinski definition) is 3. The second-order valence-electron chi connectivity index (χ2n) is 6.26. The van der Waals surface area contributed by atoms with Gasteiger partial charge >= 0.3 is 0 Å². The molecule has 1 saturated heterocycles. The van der Waals surface area contributed by atoms with E-state index in [2.05, 4.69) is 42.8 Å². The number of ether oxygens (including phenoxy) is 1. The lowest BCUT2D eigenvalue weighted by molar-refractivity contribution is 0.0857. The second-order valence-corrected chi connectivity index (χ2v) is 7.46. The highest BCUT2D eigenvalue weighted by Gasteiger charge is 2.23. The minimum Gasteiger partial charge on any atom is -0.376 e. The predicted molar refractivity (Wildman–Crippen MR) is 93.9 cm³/mol. The van der Waals surface area contributed by atoms with Crippen molar-refractivity contribution in [3.05, 3.63) is 39.5 Å². The standard InChI is InChI=1S/C18H24N2O2S/c1-11-7-8-12(2)20(11)18-16(13(3)14(4)23-18)17(21)19-10-15-6-5-9-22-15/h7-8,15H,5-6,9-10H2,1-4H3,(H,19,21). The van der Waals surface area contributed by atoms with E-state index in [1.807, 2.05) is 6.92 Å². The van der Waals surface area contributed by atoms with Crippen molar-refractivity contribution in [1.29, 1.82) is 0 Å². The van der Waals surface area contributed by atoms with E-state index in [4.69, 9.17) is 4.74 Å². The van der Waals surface area contributed by atoms with Gasteiger partial charge in [-0.2, -0.15) is 0 Å². The lowest BCUT2D eigenvalue weighted by atomic mass is 10.1. The van der Waals surface area contributed by atoms with Crippen molar-refractivity contribution in [1.82, 2.24) is 9.88 Å². The smallest absolute Gasteiger partial charge is 0.254 e. The van der Waals surface area contributed by atoms with Gasteiger partial charge in [0.2, 0.25) is 0 Å². The SMILES string of the molecule is Cc1sc(-n2c(C)ccc2C)c(C(=O)NCC2CCCO2)c1C. The van der Waals surface area contributed by atoms with Crippen molar-refractivity contribution in [3.63, 3.8) is 0 Å². The van der Waals surface area contributed by atoms with Gasteiger partial charge in [-0.15, -0.1) is 11.3 Å². The third-order valence-corrected chi connectivity index (χ3v) is 5.77. The zero-order valence-corrected chi connectivity index (χ0v) is 15.0. The number of thiophene rings is 1. The fourth-order valence-corrected chi connectivity index (χ4v) is 4.40. The summed E-state index contributed by atoms with van der Waals surface area (Å²) in [5.74, 6) is 0.00449. The average Bonchev–Trinajstić information content (AvgIpc) is 3.20. The van der Waals surface area contributed by atoms with Gasteiger partial charge in [0, 0.05) is 29.4 Å². The topological polar surface area (TPSA) is 43.3 Å². The molecule has 1 aliphatic heterocycles. The van der Waals surface area contributed by atoms with E-state index in [1.165, 1.54) is 4.88 Å². The normalized spacial score (nSPS) is 17.7. The summed E-state index contributed by atoms with van der Waals surface area (Å²) in [4.78, 5) is 14.0. The molecule has 1 atom stereocenters. The van der Waals surface area contributed by atoms with Crippen LogP contribution < -0.4 is 5.32 Å². The zero-order chi connectivity index (χ0) is 16.6. The Morgan fingerprint density at radius 1 is 1.30 bits per heavy atom. The molecule has 2 aromatic rings. The Morgan fingerprint density at radius 3 is 2.61 bits per heavy atom. The van der Waals surface area contributed by atoms with Crippen molar-refractivity contribution >= 4 is 17.2 Å². The molecule has 124 valence electrons. The maximum absolute atomic E-state index is 12.8. The van der Waals surface area contributed by atoms with Gasteiger partial charge in [-0.05, 0) is 58.2 Å². The van der Waals surface area contributed by atoms with Gasteiger partial charge < -0.3 is 14.6 Å². The van der Waals surface area contributed by atoms with E-state index < -0.39 is 0 Å². The van der Waals surface area contributed by atoms with Crippen molar-refractivity contribution < 1.29 is 9.53 Å². The summed E-state index contributed by atoms with van der Waals surface area (Å²) in [5, 5.41) is 4.08. The summed E-state index contributed by atoms with van der Waals surface area (Å²) in [6, 6.07) is 4.18. The highest BCUT2D eigenvalue weighted by Crippen LogP contribution is 2.33. The number of hydrogen-bond donors (Lipinski definition) is 1. The largest absolute Gasteiger partial charge is 0.376 e. The van der Waals surface area contributed by atoms with Crippen LogP contribution in [-0.2, 0) is 4.74 Å². The quantitative estimate of drug-likeness (QED) is 0.928. The highest BCUT2D eigenvalue weighted by molar-refractivity contribution is 7.15. The second kappa shape index (κ2) is 6.49. The van der Waals surface area contributed by atoms with Gasteiger partial charge in [0.1, 0.15) is 5.00 Å². The number of carbonyl (C=O) groups excluding carboxylic acids is 1. The van der Waals surface area contributed by atoms with Crippen molar-refractivity contribution in [2.24, 2.45) is 0 Å². The monoisotopic (exact) mass is 332 g/mol. The molecule has 0 spiro atoms. The first kappa shape index (κ1) is 16.3. The fraction of sp³-hybridized carbons (Fsp3) is 0.500. The van der Waals surface area contributed by atoms with Gasteiger partial charge in [0.05, 0.1) is 11.7 Å². The molecule has 0 aromatic carbocycles. The molecule has 1 fully saturated rings. The van der Waals surface area contributed by atoms with E-state index >= 15 is 0 Å². The molecule has 4 nitrogen and oxygen atoms in total. The Balaban J connectivity index is 1.90. The van der Waals surface area contributed by atoms with Crippen LogP contribution in [0.4, 0.5) is 0 Å². The Morgan fingerprint density at radius 2 is 2.00 bits per heavy atom. The van der Waals surface area contributed by atoms with E-state index in [1.54, 1.807) is 11.3 Å². The third-order valence-electron chi connectivity index (χ3n) is 4.58. The van der Waals surface area contributed by atoms with Crippen molar-refractivity contribution in [2.75, 3.05) is 13.2 Å². The molecule has 5 heteroatoms. The molecule has 3 rings (SSSR count). The minimum absolute atomic E-state index is 0.00449. The summed E-state index contributed by atoms with van der Waals surface area (Å²) in [6.45, 7) is 9.66. The van der Waals surface area contributed by atoms with Gasteiger partial charge in [-0.1, -0.05) is 0 Å². The van der Waals surface area contributed by atoms with Crippen LogP contribution in [0.25, 0.3) is 5.00 Å². The number of carbonyl (C=O) groups is 1. The Hall–Kier alpha value is -1.59. The van der Waals surface area contributed by atoms with Crippen LogP contribution in [0.1, 0.15) is 45.0 Å².